The van der Waals surface area contributed by atoms with Crippen LogP contribution in [0.1, 0.15) is 11.1 Å². The molecule has 4 aromatic rings. The zero-order valence-electron chi connectivity index (χ0n) is 14.4. The summed E-state index contributed by atoms with van der Waals surface area (Å²) in [6, 6.07) is 15.1. The quantitative estimate of drug-likeness (QED) is 0.601. The third-order valence-corrected chi connectivity index (χ3v) is 5.25. The zero-order valence-corrected chi connectivity index (χ0v) is 15.3. The molecule has 0 radical (unpaired) electrons. The number of fused-ring (bicyclic) bond motifs is 2. The van der Waals surface area contributed by atoms with Gasteiger partial charge in [-0.25, -0.2) is 4.98 Å². The maximum atomic E-state index is 12.5. The number of carbonyl (C=O) groups excluding carboxylic acids is 1. The molecule has 0 saturated heterocycles. The molecule has 2 heterocycles. The van der Waals surface area contributed by atoms with Gasteiger partial charge in [-0.05, 0) is 43.2 Å². The number of amides is 1. The van der Waals surface area contributed by atoms with Crippen LogP contribution >= 0.6 is 11.3 Å². The van der Waals surface area contributed by atoms with Gasteiger partial charge in [-0.15, -0.1) is 0 Å². The van der Waals surface area contributed by atoms with Crippen molar-refractivity contribution in [2.24, 2.45) is 0 Å². The fraction of sp³-hybridized carbons (Fsp3) is 0.150. The molecule has 0 aliphatic carbocycles. The van der Waals surface area contributed by atoms with Crippen molar-refractivity contribution in [3.05, 3.63) is 70.0 Å². The number of rotatable bonds is 3. The second-order valence-corrected chi connectivity index (χ2v) is 7.34. The first-order valence-corrected chi connectivity index (χ1v) is 9.09. The molecule has 130 valence electrons. The summed E-state index contributed by atoms with van der Waals surface area (Å²) in [4.78, 5) is 29.3. The lowest BCUT2D eigenvalue weighted by Crippen LogP contribution is -2.27. The number of pyridine rings is 1. The van der Waals surface area contributed by atoms with E-state index in [1.807, 2.05) is 56.3 Å². The summed E-state index contributed by atoms with van der Waals surface area (Å²) in [5.74, 6) is -0.267. The van der Waals surface area contributed by atoms with Crippen LogP contribution in [-0.4, -0.2) is 15.5 Å². The fourth-order valence-electron chi connectivity index (χ4n) is 3.05. The average Bonchev–Trinajstić information content (AvgIpc) is 2.99. The normalized spacial score (nSPS) is 11.2. The van der Waals surface area contributed by atoms with E-state index in [9.17, 15) is 9.59 Å². The summed E-state index contributed by atoms with van der Waals surface area (Å²) in [7, 11) is 0. The van der Waals surface area contributed by atoms with Crippen LogP contribution in [0.3, 0.4) is 0 Å². The van der Waals surface area contributed by atoms with Gasteiger partial charge in [0.2, 0.25) is 5.91 Å². The molecule has 0 unspecified atom stereocenters. The van der Waals surface area contributed by atoms with Gasteiger partial charge in [-0.3, -0.25) is 14.2 Å². The Hall–Kier alpha value is -2.99. The number of benzene rings is 2. The van der Waals surface area contributed by atoms with Crippen molar-refractivity contribution in [3.63, 3.8) is 0 Å². The van der Waals surface area contributed by atoms with Crippen LogP contribution in [0.15, 0.2) is 53.3 Å². The second kappa shape index (κ2) is 6.38. The van der Waals surface area contributed by atoms with Gasteiger partial charge < -0.3 is 5.32 Å². The lowest BCUT2D eigenvalue weighted by atomic mass is 10.1. The molecule has 6 heteroatoms. The van der Waals surface area contributed by atoms with Gasteiger partial charge in [0.1, 0.15) is 6.54 Å². The third-order valence-electron chi connectivity index (χ3n) is 4.32. The summed E-state index contributed by atoms with van der Waals surface area (Å²) in [5.41, 5.74) is 3.48. The first-order valence-electron chi connectivity index (χ1n) is 8.27. The van der Waals surface area contributed by atoms with Gasteiger partial charge in [0.25, 0.3) is 5.56 Å². The predicted octanol–water partition coefficient (Wildman–Crippen LogP) is 3.87. The van der Waals surface area contributed by atoms with Crippen molar-refractivity contribution in [1.82, 2.24) is 9.55 Å². The molecule has 0 aliphatic heterocycles. The van der Waals surface area contributed by atoms with Crippen molar-refractivity contribution in [2.45, 2.75) is 20.4 Å². The minimum atomic E-state index is -0.267. The Balaban J connectivity index is 1.64. The molecule has 0 atom stereocenters. The van der Waals surface area contributed by atoms with Crippen LogP contribution in [0, 0.1) is 13.8 Å². The van der Waals surface area contributed by atoms with Crippen LogP contribution in [0.2, 0.25) is 0 Å². The predicted molar refractivity (Wildman–Crippen MR) is 106 cm³/mol. The summed E-state index contributed by atoms with van der Waals surface area (Å²) in [5, 5.41) is 4.32. The molecule has 0 saturated carbocycles. The summed E-state index contributed by atoms with van der Waals surface area (Å²) < 4.78 is 2.52. The van der Waals surface area contributed by atoms with Crippen LogP contribution in [0.4, 0.5) is 5.13 Å². The van der Waals surface area contributed by atoms with E-state index in [1.165, 1.54) is 15.9 Å². The lowest BCUT2D eigenvalue weighted by molar-refractivity contribution is -0.116. The van der Waals surface area contributed by atoms with Crippen molar-refractivity contribution < 1.29 is 4.79 Å². The number of aromatic nitrogens is 2. The Morgan fingerprint density at radius 2 is 1.96 bits per heavy atom. The summed E-state index contributed by atoms with van der Waals surface area (Å²) in [6.07, 6.45) is 0. The van der Waals surface area contributed by atoms with Gasteiger partial charge in [0.15, 0.2) is 5.13 Å². The van der Waals surface area contributed by atoms with Gasteiger partial charge >= 0.3 is 0 Å². The SMILES string of the molecule is Cc1ccc2nc(NC(=O)Cn3c(=O)cc(C)c4ccccc43)sc2c1. The number of thiazole rings is 1. The molecule has 1 N–H and O–H groups in total. The van der Waals surface area contributed by atoms with E-state index in [-0.39, 0.29) is 18.0 Å². The van der Waals surface area contributed by atoms with E-state index < -0.39 is 0 Å². The van der Waals surface area contributed by atoms with E-state index in [2.05, 4.69) is 10.3 Å². The maximum absolute atomic E-state index is 12.5. The Bertz CT molecular complexity index is 1210. The smallest absolute Gasteiger partial charge is 0.251 e. The molecule has 0 fully saturated rings. The van der Waals surface area contributed by atoms with Crippen LogP contribution < -0.4 is 10.9 Å². The Labute approximate surface area is 153 Å². The lowest BCUT2D eigenvalue weighted by Gasteiger charge is -2.11. The Morgan fingerprint density at radius 1 is 1.15 bits per heavy atom. The highest BCUT2D eigenvalue weighted by atomic mass is 32.1. The van der Waals surface area contributed by atoms with E-state index in [1.54, 1.807) is 6.07 Å². The largest absolute Gasteiger partial charge is 0.300 e. The standard InChI is InChI=1S/C20H17N3O2S/c1-12-7-8-15-17(9-12)26-20(21-15)22-18(24)11-23-16-6-4-3-5-14(16)13(2)10-19(23)25/h3-10H,11H2,1-2H3,(H,21,22,24). The van der Waals surface area contributed by atoms with Crippen molar-refractivity contribution in [1.29, 1.82) is 0 Å². The van der Waals surface area contributed by atoms with Crippen molar-refractivity contribution >= 4 is 43.5 Å². The van der Waals surface area contributed by atoms with Crippen LogP contribution in [0.25, 0.3) is 21.1 Å². The fourth-order valence-corrected chi connectivity index (χ4v) is 4.03. The van der Waals surface area contributed by atoms with Gasteiger partial charge in [-0.2, -0.15) is 0 Å². The highest BCUT2D eigenvalue weighted by Gasteiger charge is 2.12. The van der Waals surface area contributed by atoms with Gasteiger partial charge in [-0.1, -0.05) is 35.6 Å². The molecular formula is C20H17N3O2S. The van der Waals surface area contributed by atoms with Crippen molar-refractivity contribution in [2.75, 3.05) is 5.32 Å². The molecule has 0 bridgehead atoms. The first kappa shape index (κ1) is 16.5. The molecule has 4 rings (SSSR count). The van der Waals surface area contributed by atoms with E-state index in [4.69, 9.17) is 0 Å². The molecule has 26 heavy (non-hydrogen) atoms. The molecule has 0 spiro atoms. The molecule has 2 aromatic heterocycles. The molecule has 2 aromatic carbocycles. The second-order valence-electron chi connectivity index (χ2n) is 6.31. The minimum Gasteiger partial charge on any atom is -0.300 e. The monoisotopic (exact) mass is 363 g/mol. The topological polar surface area (TPSA) is 64.0 Å². The number of carbonyl (C=O) groups is 1. The highest BCUT2D eigenvalue weighted by molar-refractivity contribution is 7.22. The van der Waals surface area contributed by atoms with Gasteiger partial charge in [0.05, 0.1) is 15.7 Å². The summed E-state index contributed by atoms with van der Waals surface area (Å²) in [6.45, 7) is 3.87. The average molecular weight is 363 g/mol. The Kier molecular flexibility index (Phi) is 4.05. The number of anilines is 1. The van der Waals surface area contributed by atoms with Crippen molar-refractivity contribution in [3.8, 4) is 0 Å². The van der Waals surface area contributed by atoms with E-state index in [0.29, 0.717) is 5.13 Å². The minimum absolute atomic E-state index is 0.0470. The maximum Gasteiger partial charge on any atom is 0.251 e. The first-order chi connectivity index (χ1) is 12.5. The molecule has 0 aliphatic rings. The third kappa shape index (κ3) is 2.99. The number of hydrogen-bond acceptors (Lipinski definition) is 4. The zero-order chi connectivity index (χ0) is 18.3. The molecular weight excluding hydrogens is 346 g/mol. The van der Waals surface area contributed by atoms with Crippen LogP contribution in [-0.2, 0) is 11.3 Å². The Morgan fingerprint density at radius 3 is 2.81 bits per heavy atom. The van der Waals surface area contributed by atoms with E-state index >= 15 is 0 Å². The van der Waals surface area contributed by atoms with E-state index in [0.717, 1.165) is 32.2 Å². The number of nitrogens with zero attached hydrogens (tertiary/aromatic N) is 2. The number of hydrogen-bond donors (Lipinski definition) is 1. The molecule has 1 amide bonds. The molecule has 5 nitrogen and oxygen atoms in total. The number of aryl methyl sites for hydroxylation is 2. The highest BCUT2D eigenvalue weighted by Crippen LogP contribution is 2.26. The van der Waals surface area contributed by atoms with Gasteiger partial charge in [0, 0.05) is 11.5 Å². The number of nitrogens with one attached hydrogen (secondary N) is 1. The summed E-state index contributed by atoms with van der Waals surface area (Å²) >= 11 is 1.43. The van der Waals surface area contributed by atoms with Crippen LogP contribution in [0.5, 0.6) is 0 Å². The number of para-hydroxylation sites is 1.